The number of carboxylic acid groups (broad SMARTS) is 1. The van der Waals surface area contributed by atoms with E-state index < -0.39 is 5.97 Å². The summed E-state index contributed by atoms with van der Waals surface area (Å²) in [6.45, 7) is 2.34. The van der Waals surface area contributed by atoms with Crippen LogP contribution >= 0.6 is 39.9 Å². The molecule has 3 rings (SSSR count). The largest absolute Gasteiger partial charge is 0.481 e. The number of aryl methyl sites for hydroxylation is 1. The molecule has 1 atom stereocenters. The number of benzene rings is 2. The normalized spacial score (nSPS) is 16.5. The van der Waals surface area contributed by atoms with Gasteiger partial charge in [-0.1, -0.05) is 47.2 Å². The van der Waals surface area contributed by atoms with Crippen molar-refractivity contribution in [1.29, 1.82) is 0 Å². The quantitative estimate of drug-likeness (QED) is 0.610. The minimum atomic E-state index is -0.895. The minimum absolute atomic E-state index is 0.0577. The Labute approximate surface area is 169 Å². The van der Waals surface area contributed by atoms with E-state index in [0.717, 1.165) is 22.6 Å². The van der Waals surface area contributed by atoms with E-state index in [0.29, 0.717) is 15.0 Å². The molecule has 7 heteroatoms. The second-order valence-electron chi connectivity index (χ2n) is 6.02. The van der Waals surface area contributed by atoms with Crippen molar-refractivity contribution in [2.45, 2.75) is 36.5 Å². The topological polar surface area (TPSA) is 40.5 Å². The number of aliphatic carboxylic acids is 1. The molecule has 0 fully saturated rings. The third-order valence-corrected chi connectivity index (χ3v) is 6.66. The number of carboxylic acids is 1. The van der Waals surface area contributed by atoms with Gasteiger partial charge < -0.3 is 10.0 Å². The molecule has 0 saturated carbocycles. The van der Waals surface area contributed by atoms with Gasteiger partial charge in [0.15, 0.2) is 0 Å². The lowest BCUT2D eigenvalue weighted by atomic mass is 10.1. The first-order valence-corrected chi connectivity index (χ1v) is 10.2. The zero-order valence-electron chi connectivity index (χ0n) is 14.0. The van der Waals surface area contributed by atoms with Crippen molar-refractivity contribution < 1.29 is 14.3 Å². The Kier molecular flexibility index (Phi) is 5.99. The first-order valence-electron chi connectivity index (χ1n) is 8.15. The van der Waals surface area contributed by atoms with E-state index in [1.807, 2.05) is 17.0 Å². The highest BCUT2D eigenvalue weighted by Gasteiger charge is 2.32. The van der Waals surface area contributed by atoms with Crippen molar-refractivity contribution in [3.63, 3.8) is 0 Å². The van der Waals surface area contributed by atoms with Crippen LogP contribution in [0.15, 0.2) is 45.8 Å². The highest BCUT2D eigenvalue weighted by molar-refractivity contribution is 9.10. The number of hydrogen-bond acceptors (Lipinski definition) is 3. The standard InChI is InChI=1S/C19H17BrFNO2S2/c1-2-11-3-6-16-15(7-11)22(19(25)17(26-16)9-18(23)24)10-12-4-5-13(20)8-14(12)21/h3-8,17H,2,9-10H2,1H3,(H,23,24). The van der Waals surface area contributed by atoms with E-state index in [-0.39, 0.29) is 24.0 Å². The van der Waals surface area contributed by atoms with Gasteiger partial charge in [-0.3, -0.25) is 4.79 Å². The molecule has 0 spiro atoms. The maximum absolute atomic E-state index is 14.4. The van der Waals surface area contributed by atoms with E-state index in [1.54, 1.807) is 12.1 Å². The van der Waals surface area contributed by atoms with Crippen molar-refractivity contribution in [1.82, 2.24) is 0 Å². The summed E-state index contributed by atoms with van der Waals surface area (Å²) in [5.74, 6) is -1.21. The number of fused-ring (bicyclic) bond motifs is 1. The zero-order chi connectivity index (χ0) is 18.8. The number of carbonyl (C=O) groups is 1. The van der Waals surface area contributed by atoms with Gasteiger partial charge in [0.1, 0.15) is 5.82 Å². The Morgan fingerprint density at radius 1 is 1.35 bits per heavy atom. The van der Waals surface area contributed by atoms with Gasteiger partial charge >= 0.3 is 5.97 Å². The average Bonchev–Trinajstić information content (AvgIpc) is 2.59. The summed E-state index contributed by atoms with van der Waals surface area (Å²) in [7, 11) is 0. The highest BCUT2D eigenvalue weighted by atomic mass is 79.9. The number of thioether (sulfide) groups is 1. The number of thiocarbonyl (C=S) groups is 1. The van der Waals surface area contributed by atoms with Crippen LogP contribution in [0.25, 0.3) is 0 Å². The Hall–Kier alpha value is -1.44. The van der Waals surface area contributed by atoms with Crippen LogP contribution in [-0.4, -0.2) is 21.3 Å². The first kappa shape index (κ1) is 19.3. The molecule has 2 aromatic carbocycles. The highest BCUT2D eigenvalue weighted by Crippen LogP contribution is 2.42. The lowest BCUT2D eigenvalue weighted by Crippen LogP contribution is -2.40. The van der Waals surface area contributed by atoms with Crippen LogP contribution in [0.1, 0.15) is 24.5 Å². The van der Waals surface area contributed by atoms with Crippen molar-refractivity contribution in [3.8, 4) is 0 Å². The molecule has 1 heterocycles. The van der Waals surface area contributed by atoms with E-state index >= 15 is 0 Å². The molecular weight excluding hydrogens is 437 g/mol. The van der Waals surface area contributed by atoms with Gasteiger partial charge in [0.25, 0.3) is 0 Å². The zero-order valence-corrected chi connectivity index (χ0v) is 17.3. The summed E-state index contributed by atoms with van der Waals surface area (Å²) in [4.78, 5) is 14.6. The minimum Gasteiger partial charge on any atom is -0.481 e. The van der Waals surface area contributed by atoms with Gasteiger partial charge in [0, 0.05) is 14.9 Å². The summed E-state index contributed by atoms with van der Waals surface area (Å²) in [6, 6.07) is 11.0. The predicted octanol–water partition coefficient (Wildman–Crippen LogP) is 5.43. The number of halogens is 2. The number of rotatable bonds is 5. The number of hydrogen-bond donors (Lipinski definition) is 1. The molecule has 1 unspecified atom stereocenters. The summed E-state index contributed by atoms with van der Waals surface area (Å²) < 4.78 is 15.0. The van der Waals surface area contributed by atoms with Crippen LogP contribution in [0.3, 0.4) is 0 Å². The first-order chi connectivity index (χ1) is 12.4. The molecule has 0 saturated heterocycles. The van der Waals surface area contributed by atoms with E-state index in [1.165, 1.54) is 17.8 Å². The Morgan fingerprint density at radius 3 is 2.77 bits per heavy atom. The lowest BCUT2D eigenvalue weighted by molar-refractivity contribution is -0.136. The van der Waals surface area contributed by atoms with Gasteiger partial charge in [-0.2, -0.15) is 0 Å². The average molecular weight is 454 g/mol. The van der Waals surface area contributed by atoms with Crippen molar-refractivity contribution in [2.24, 2.45) is 0 Å². The molecule has 2 aromatic rings. The molecule has 1 aliphatic heterocycles. The number of nitrogens with zero attached hydrogens (tertiary/aromatic N) is 1. The van der Waals surface area contributed by atoms with Crippen molar-refractivity contribution >= 4 is 56.6 Å². The van der Waals surface area contributed by atoms with Gasteiger partial charge in [-0.15, -0.1) is 11.8 Å². The SMILES string of the molecule is CCc1ccc2c(c1)N(Cc1ccc(Br)cc1F)C(=S)C(CC(=O)O)S2. The maximum atomic E-state index is 14.4. The Morgan fingerprint density at radius 2 is 2.12 bits per heavy atom. The second-order valence-corrected chi connectivity index (χ2v) is 8.60. The molecule has 1 aliphatic rings. The third-order valence-electron chi connectivity index (χ3n) is 4.24. The fourth-order valence-electron chi connectivity index (χ4n) is 2.86. The lowest BCUT2D eigenvalue weighted by Gasteiger charge is -2.36. The summed E-state index contributed by atoms with van der Waals surface area (Å²) >= 11 is 10.3. The molecule has 0 amide bonds. The van der Waals surface area contributed by atoms with Gasteiger partial charge in [-0.25, -0.2) is 4.39 Å². The number of anilines is 1. The summed E-state index contributed by atoms with van der Waals surface area (Å²) in [5.41, 5.74) is 2.60. The van der Waals surface area contributed by atoms with Crippen LogP contribution in [0.2, 0.25) is 0 Å². The molecule has 1 N–H and O–H groups in total. The van der Waals surface area contributed by atoms with Crippen LogP contribution < -0.4 is 4.90 Å². The molecule has 0 aliphatic carbocycles. The molecular formula is C19H17BrFNO2S2. The Balaban J connectivity index is 2.02. The molecule has 3 nitrogen and oxygen atoms in total. The third kappa shape index (κ3) is 4.10. The molecule has 136 valence electrons. The fraction of sp³-hybridized carbons (Fsp3) is 0.263. The maximum Gasteiger partial charge on any atom is 0.304 e. The second kappa shape index (κ2) is 8.06. The van der Waals surface area contributed by atoms with Crippen LogP contribution in [0.5, 0.6) is 0 Å². The van der Waals surface area contributed by atoms with E-state index in [9.17, 15) is 14.3 Å². The molecule has 0 aromatic heterocycles. The Bertz CT molecular complexity index is 875. The molecule has 0 bridgehead atoms. The van der Waals surface area contributed by atoms with E-state index in [4.69, 9.17) is 12.2 Å². The summed E-state index contributed by atoms with van der Waals surface area (Å²) in [5, 5.41) is 8.86. The van der Waals surface area contributed by atoms with Gasteiger partial charge in [0.05, 0.1) is 28.9 Å². The molecule has 26 heavy (non-hydrogen) atoms. The van der Waals surface area contributed by atoms with E-state index in [2.05, 4.69) is 28.9 Å². The monoisotopic (exact) mass is 453 g/mol. The van der Waals surface area contributed by atoms with Crippen molar-refractivity contribution in [3.05, 3.63) is 57.8 Å². The van der Waals surface area contributed by atoms with Crippen LogP contribution in [0.4, 0.5) is 10.1 Å². The predicted molar refractivity (Wildman–Crippen MR) is 111 cm³/mol. The van der Waals surface area contributed by atoms with Gasteiger partial charge in [0.2, 0.25) is 0 Å². The summed E-state index contributed by atoms with van der Waals surface area (Å²) in [6.07, 6.45) is 0.821. The smallest absolute Gasteiger partial charge is 0.304 e. The van der Waals surface area contributed by atoms with Crippen LogP contribution in [-0.2, 0) is 17.8 Å². The van der Waals surface area contributed by atoms with Gasteiger partial charge in [-0.05, 0) is 36.2 Å². The van der Waals surface area contributed by atoms with Crippen molar-refractivity contribution in [2.75, 3.05) is 4.90 Å². The fourth-order valence-corrected chi connectivity index (χ4v) is 4.78. The molecule has 0 radical (unpaired) electrons. The van der Waals surface area contributed by atoms with Crippen LogP contribution in [0, 0.1) is 5.82 Å².